The molecule has 1 aliphatic heterocycles. The second kappa shape index (κ2) is 14.7. The molecule has 1 fully saturated rings. The van der Waals surface area contributed by atoms with E-state index in [0.717, 1.165) is 70.9 Å². The largest absolute Gasteiger partial charge is 0.496 e. The van der Waals surface area contributed by atoms with E-state index in [9.17, 15) is 0 Å². The Balaban J connectivity index is 1.38. The summed E-state index contributed by atoms with van der Waals surface area (Å²) in [4.78, 5) is 0. The van der Waals surface area contributed by atoms with Gasteiger partial charge in [-0.25, -0.2) is 0 Å². The van der Waals surface area contributed by atoms with Crippen LogP contribution in [0.2, 0.25) is 0 Å². The molecule has 0 amide bonds. The van der Waals surface area contributed by atoms with E-state index in [-0.39, 0.29) is 0 Å². The third-order valence-corrected chi connectivity index (χ3v) is 8.79. The van der Waals surface area contributed by atoms with E-state index >= 15 is 0 Å². The van der Waals surface area contributed by atoms with Crippen LogP contribution < -0.4 is 18.9 Å². The fraction of sp³-hybridized carbons (Fsp3) is 0.368. The zero-order valence-corrected chi connectivity index (χ0v) is 25.8. The lowest BCUT2D eigenvalue weighted by Crippen LogP contribution is -2.25. The van der Waals surface area contributed by atoms with Gasteiger partial charge in [-0.05, 0) is 70.2 Å². The first-order valence-corrected chi connectivity index (χ1v) is 15.6. The van der Waals surface area contributed by atoms with E-state index in [4.69, 9.17) is 28.4 Å². The summed E-state index contributed by atoms with van der Waals surface area (Å²) >= 11 is 0. The molecule has 0 aromatic heterocycles. The molecule has 1 aliphatic carbocycles. The molecule has 2 atom stereocenters. The van der Waals surface area contributed by atoms with E-state index < -0.39 is 0 Å². The van der Waals surface area contributed by atoms with Gasteiger partial charge >= 0.3 is 0 Å². The van der Waals surface area contributed by atoms with Crippen molar-refractivity contribution in [3.8, 4) is 23.0 Å². The summed E-state index contributed by atoms with van der Waals surface area (Å²) in [6.45, 7) is 3.00. The second-order valence-corrected chi connectivity index (χ2v) is 11.4. The van der Waals surface area contributed by atoms with Crippen LogP contribution >= 0.6 is 0 Å². The number of methoxy groups -OCH3 is 2. The Morgan fingerprint density at radius 2 is 0.909 bits per heavy atom. The predicted molar refractivity (Wildman–Crippen MR) is 172 cm³/mol. The predicted octanol–water partition coefficient (Wildman–Crippen LogP) is 7.35. The van der Waals surface area contributed by atoms with Crippen LogP contribution in [-0.4, -0.2) is 53.9 Å². The van der Waals surface area contributed by atoms with Gasteiger partial charge in [-0.3, -0.25) is 0 Å². The van der Waals surface area contributed by atoms with Crippen LogP contribution in [0.25, 0.3) is 0 Å². The Labute approximate surface area is 260 Å². The molecule has 1 heterocycles. The topological polar surface area (TPSA) is 55.4 Å². The van der Waals surface area contributed by atoms with Crippen LogP contribution in [0, 0.1) is 0 Å². The zero-order chi connectivity index (χ0) is 30.1. The molecule has 6 nitrogen and oxygen atoms in total. The molecule has 2 unspecified atom stereocenters. The van der Waals surface area contributed by atoms with Crippen molar-refractivity contribution < 1.29 is 28.4 Å². The van der Waals surface area contributed by atoms with E-state index in [1.807, 2.05) is 24.3 Å². The molecule has 44 heavy (non-hydrogen) atoms. The minimum atomic E-state index is 0.316. The standard InChI is InChI=1S/C38H42O6/c1-39-35-15-5-3-9-27(35)25-29-11-7-13-33-31-17-18-32(31)34-14-8-12-30(26-28-10-4-6-16-36(28)40-2)38(34)44-24-22-42-20-19-41-21-23-43-37(29)33/h3-16,31-32H,17-26H2,1-2H3. The lowest BCUT2D eigenvalue weighted by molar-refractivity contribution is 0.0266. The lowest BCUT2D eigenvalue weighted by Gasteiger charge is -2.39. The molecule has 6 rings (SSSR count). The van der Waals surface area contributed by atoms with Gasteiger partial charge in [0.05, 0.1) is 40.6 Å². The number of hydrogen-bond donors (Lipinski definition) is 0. The van der Waals surface area contributed by atoms with Crippen molar-refractivity contribution in [1.82, 2.24) is 0 Å². The number of hydrogen-bond acceptors (Lipinski definition) is 6. The number of ether oxygens (including phenoxy) is 6. The first-order valence-electron chi connectivity index (χ1n) is 15.6. The Morgan fingerprint density at radius 3 is 1.34 bits per heavy atom. The quantitative estimate of drug-likeness (QED) is 0.233. The molecule has 0 spiro atoms. The van der Waals surface area contributed by atoms with Crippen molar-refractivity contribution in [3.63, 3.8) is 0 Å². The first kappa shape index (κ1) is 30.0. The smallest absolute Gasteiger partial charge is 0.126 e. The minimum Gasteiger partial charge on any atom is -0.496 e. The van der Waals surface area contributed by atoms with Crippen LogP contribution in [0.4, 0.5) is 0 Å². The summed E-state index contributed by atoms with van der Waals surface area (Å²) < 4.78 is 36.2. The Bertz CT molecular complexity index is 1420. The van der Waals surface area contributed by atoms with E-state index in [0.29, 0.717) is 51.5 Å². The monoisotopic (exact) mass is 594 g/mol. The average Bonchev–Trinajstić information content (AvgIpc) is 3.03. The fourth-order valence-corrected chi connectivity index (χ4v) is 6.50. The summed E-state index contributed by atoms with van der Waals surface area (Å²) in [5, 5.41) is 0. The third kappa shape index (κ3) is 6.72. The summed E-state index contributed by atoms with van der Waals surface area (Å²) in [5.74, 6) is 4.34. The highest BCUT2D eigenvalue weighted by Gasteiger charge is 2.38. The number of para-hydroxylation sites is 4. The summed E-state index contributed by atoms with van der Waals surface area (Å²) in [6, 6.07) is 29.6. The molecule has 4 aromatic rings. The molecule has 0 saturated heterocycles. The maximum Gasteiger partial charge on any atom is 0.126 e. The molecule has 2 aliphatic rings. The van der Waals surface area contributed by atoms with Crippen LogP contribution in [0.15, 0.2) is 84.9 Å². The van der Waals surface area contributed by atoms with Crippen molar-refractivity contribution in [3.05, 3.63) is 118 Å². The molecule has 1 saturated carbocycles. The van der Waals surface area contributed by atoms with E-state index in [2.05, 4.69) is 60.7 Å². The van der Waals surface area contributed by atoms with Gasteiger partial charge in [0.25, 0.3) is 0 Å². The van der Waals surface area contributed by atoms with Gasteiger partial charge in [0.2, 0.25) is 0 Å². The maximum absolute atomic E-state index is 6.58. The van der Waals surface area contributed by atoms with Gasteiger partial charge < -0.3 is 28.4 Å². The zero-order valence-electron chi connectivity index (χ0n) is 25.8. The SMILES string of the molecule is COc1ccccc1Cc1cccc2c1OCCOCCOCCOc1c(Cc3ccccc3OC)cccc1C1CCC21. The molecule has 0 N–H and O–H groups in total. The molecule has 4 aromatic carbocycles. The highest BCUT2D eigenvalue weighted by atomic mass is 16.6. The van der Waals surface area contributed by atoms with Gasteiger partial charge in [-0.15, -0.1) is 0 Å². The molecule has 6 heteroatoms. The minimum absolute atomic E-state index is 0.316. The van der Waals surface area contributed by atoms with Gasteiger partial charge in [0.15, 0.2) is 0 Å². The van der Waals surface area contributed by atoms with E-state index in [1.165, 1.54) is 11.1 Å². The van der Waals surface area contributed by atoms with Gasteiger partial charge in [0, 0.05) is 12.8 Å². The van der Waals surface area contributed by atoms with Crippen molar-refractivity contribution in [1.29, 1.82) is 0 Å². The van der Waals surface area contributed by atoms with Crippen LogP contribution in [0.1, 0.15) is 58.1 Å². The van der Waals surface area contributed by atoms with Crippen molar-refractivity contribution >= 4 is 0 Å². The second-order valence-electron chi connectivity index (χ2n) is 11.4. The summed E-state index contributed by atoms with van der Waals surface area (Å²) in [6.07, 6.45) is 3.63. The Kier molecular flexibility index (Phi) is 10.0. The molecular weight excluding hydrogens is 552 g/mol. The molecule has 0 radical (unpaired) electrons. The highest BCUT2D eigenvalue weighted by molar-refractivity contribution is 5.53. The van der Waals surface area contributed by atoms with Crippen LogP contribution in [0.5, 0.6) is 23.0 Å². The van der Waals surface area contributed by atoms with E-state index in [1.54, 1.807) is 14.2 Å². The van der Waals surface area contributed by atoms with Crippen LogP contribution in [0.3, 0.4) is 0 Å². The lowest BCUT2D eigenvalue weighted by atomic mass is 9.66. The maximum atomic E-state index is 6.58. The Hall–Kier alpha value is -4.00. The number of rotatable bonds is 6. The fourth-order valence-electron chi connectivity index (χ4n) is 6.50. The van der Waals surface area contributed by atoms with Crippen molar-refractivity contribution in [2.75, 3.05) is 53.9 Å². The average molecular weight is 595 g/mol. The highest BCUT2D eigenvalue weighted by Crippen LogP contribution is 2.54. The summed E-state index contributed by atoms with van der Waals surface area (Å²) in [5.41, 5.74) is 7.09. The number of fused-ring (bicyclic) bond motifs is 5. The van der Waals surface area contributed by atoms with Gasteiger partial charge in [-0.1, -0.05) is 72.8 Å². The van der Waals surface area contributed by atoms with Gasteiger partial charge in [-0.2, -0.15) is 0 Å². The Morgan fingerprint density at radius 1 is 0.500 bits per heavy atom. The summed E-state index contributed by atoms with van der Waals surface area (Å²) in [7, 11) is 3.45. The number of benzene rings is 4. The van der Waals surface area contributed by atoms with Crippen molar-refractivity contribution in [2.45, 2.75) is 37.5 Å². The molecule has 230 valence electrons. The molecular formula is C38H42O6. The first-order chi connectivity index (χ1) is 21.8. The third-order valence-electron chi connectivity index (χ3n) is 8.79. The van der Waals surface area contributed by atoms with Gasteiger partial charge in [0.1, 0.15) is 36.2 Å². The van der Waals surface area contributed by atoms with Crippen molar-refractivity contribution in [2.24, 2.45) is 0 Å². The molecule has 0 bridgehead atoms. The van der Waals surface area contributed by atoms with Crippen LogP contribution in [-0.2, 0) is 22.3 Å². The normalized spacial score (nSPS) is 18.8.